The van der Waals surface area contributed by atoms with E-state index in [0.717, 1.165) is 11.3 Å². The quantitative estimate of drug-likeness (QED) is 0.563. The van der Waals surface area contributed by atoms with Crippen molar-refractivity contribution in [2.75, 3.05) is 16.0 Å². The molecule has 1 heterocycles. The number of carbonyl (C=O) groups is 2. The Hall–Kier alpha value is -2.97. The average molecular weight is 405 g/mol. The summed E-state index contributed by atoms with van der Waals surface area (Å²) in [5.74, 6) is -0.744. The molecule has 0 aliphatic heterocycles. The summed E-state index contributed by atoms with van der Waals surface area (Å²) in [6.07, 6.45) is 0. The molecule has 3 rings (SSSR count). The first-order valence-corrected chi connectivity index (χ1v) is 8.98. The Labute approximate surface area is 163 Å². The van der Waals surface area contributed by atoms with Gasteiger partial charge in [0.25, 0.3) is 5.91 Å². The molecule has 0 spiro atoms. The molecule has 9 heteroatoms. The van der Waals surface area contributed by atoms with Crippen LogP contribution in [0.15, 0.2) is 48.5 Å². The fourth-order valence-electron chi connectivity index (χ4n) is 2.21. The average Bonchev–Trinajstić information content (AvgIpc) is 2.97. The maximum Gasteiger partial charge on any atom is 0.325 e. The molecule has 2 aromatic carbocycles. The summed E-state index contributed by atoms with van der Waals surface area (Å²) in [7, 11) is 0. The number of carbonyl (C=O) groups excluding carboxylic acids is 2. The Kier molecular flexibility index (Phi) is 5.68. The van der Waals surface area contributed by atoms with Crippen molar-refractivity contribution in [3.05, 3.63) is 69.9 Å². The van der Waals surface area contributed by atoms with Crippen LogP contribution in [0.1, 0.15) is 15.4 Å². The molecule has 0 saturated heterocycles. The summed E-state index contributed by atoms with van der Waals surface area (Å²) in [6.45, 7) is 1.67. The van der Waals surface area contributed by atoms with Crippen molar-refractivity contribution < 1.29 is 14.0 Å². The largest absolute Gasteiger partial charge is 0.325 e. The summed E-state index contributed by atoms with van der Waals surface area (Å²) in [6, 6.07) is 11.6. The zero-order valence-electron chi connectivity index (χ0n) is 14.0. The molecule has 0 aliphatic carbocycles. The number of amides is 3. The standard InChI is InChI=1S/C18H14ClFN4O2S/c1-10-15(16(25)22-14-4-2-3-11(19)9-14)27-18(21-10)24-17(26)23-13-7-5-12(20)6-8-13/h2-9H,1H3,(H,22,25)(H2,21,23,24,26). The smallest absolute Gasteiger partial charge is 0.321 e. The summed E-state index contributed by atoms with van der Waals surface area (Å²) in [4.78, 5) is 29.0. The van der Waals surface area contributed by atoms with E-state index in [1.54, 1.807) is 31.2 Å². The number of benzene rings is 2. The lowest BCUT2D eigenvalue weighted by molar-refractivity contribution is 0.103. The van der Waals surface area contributed by atoms with Crippen LogP contribution in [0.2, 0.25) is 5.02 Å². The second-order valence-electron chi connectivity index (χ2n) is 5.48. The molecule has 27 heavy (non-hydrogen) atoms. The van der Waals surface area contributed by atoms with E-state index in [0.29, 0.717) is 27.0 Å². The van der Waals surface area contributed by atoms with Gasteiger partial charge < -0.3 is 10.6 Å². The van der Waals surface area contributed by atoms with Crippen molar-refractivity contribution in [3.63, 3.8) is 0 Å². The van der Waals surface area contributed by atoms with Gasteiger partial charge in [-0.2, -0.15) is 0 Å². The second kappa shape index (κ2) is 8.15. The van der Waals surface area contributed by atoms with Crippen molar-refractivity contribution in [1.29, 1.82) is 0 Å². The fraction of sp³-hybridized carbons (Fsp3) is 0.0556. The lowest BCUT2D eigenvalue weighted by Crippen LogP contribution is -2.19. The molecule has 0 fully saturated rings. The van der Waals surface area contributed by atoms with Gasteiger partial charge in [0.2, 0.25) is 0 Å². The molecule has 0 aliphatic rings. The molecule has 138 valence electrons. The number of nitrogens with zero attached hydrogens (tertiary/aromatic N) is 1. The van der Waals surface area contributed by atoms with Gasteiger partial charge in [0.15, 0.2) is 5.13 Å². The zero-order chi connectivity index (χ0) is 19.4. The van der Waals surface area contributed by atoms with Crippen molar-refractivity contribution in [2.24, 2.45) is 0 Å². The van der Waals surface area contributed by atoms with E-state index in [-0.39, 0.29) is 11.0 Å². The predicted molar refractivity (Wildman–Crippen MR) is 105 cm³/mol. The molecular formula is C18H14ClFN4O2S. The van der Waals surface area contributed by atoms with Crippen LogP contribution in [0.25, 0.3) is 0 Å². The van der Waals surface area contributed by atoms with Crippen molar-refractivity contribution in [3.8, 4) is 0 Å². The van der Waals surface area contributed by atoms with Gasteiger partial charge in [0.05, 0.1) is 5.69 Å². The maximum atomic E-state index is 12.9. The van der Waals surface area contributed by atoms with Gasteiger partial charge in [-0.15, -0.1) is 0 Å². The van der Waals surface area contributed by atoms with E-state index < -0.39 is 11.8 Å². The van der Waals surface area contributed by atoms with Gasteiger partial charge in [-0.3, -0.25) is 10.1 Å². The molecule has 3 aromatic rings. The molecule has 3 amide bonds. The molecule has 0 bridgehead atoms. The Morgan fingerprint density at radius 2 is 1.78 bits per heavy atom. The van der Waals surface area contributed by atoms with Gasteiger partial charge in [-0.25, -0.2) is 14.2 Å². The Morgan fingerprint density at radius 3 is 2.48 bits per heavy atom. The molecule has 1 aromatic heterocycles. The predicted octanol–water partition coefficient (Wildman–Crippen LogP) is 5.14. The molecular weight excluding hydrogens is 391 g/mol. The Balaban J connectivity index is 1.65. The van der Waals surface area contributed by atoms with Crippen LogP contribution in [0, 0.1) is 12.7 Å². The Bertz CT molecular complexity index is 991. The van der Waals surface area contributed by atoms with Crippen LogP contribution in [-0.2, 0) is 0 Å². The highest BCUT2D eigenvalue weighted by molar-refractivity contribution is 7.17. The highest BCUT2D eigenvalue weighted by Gasteiger charge is 2.17. The Morgan fingerprint density at radius 1 is 1.04 bits per heavy atom. The SMILES string of the molecule is Cc1nc(NC(=O)Nc2ccc(F)cc2)sc1C(=O)Nc1cccc(Cl)c1. The third kappa shape index (κ3) is 5.02. The highest BCUT2D eigenvalue weighted by Crippen LogP contribution is 2.24. The maximum absolute atomic E-state index is 12.9. The van der Waals surface area contributed by atoms with E-state index >= 15 is 0 Å². The van der Waals surface area contributed by atoms with Gasteiger partial charge in [0.1, 0.15) is 10.7 Å². The number of halogens is 2. The lowest BCUT2D eigenvalue weighted by Gasteiger charge is -2.05. The van der Waals surface area contributed by atoms with Gasteiger partial charge in [-0.05, 0) is 49.4 Å². The normalized spacial score (nSPS) is 10.3. The zero-order valence-corrected chi connectivity index (χ0v) is 15.6. The first-order chi connectivity index (χ1) is 12.9. The highest BCUT2D eigenvalue weighted by atomic mass is 35.5. The number of aromatic nitrogens is 1. The summed E-state index contributed by atoms with van der Waals surface area (Å²) >= 11 is 6.95. The van der Waals surface area contributed by atoms with E-state index in [4.69, 9.17) is 11.6 Å². The van der Waals surface area contributed by atoms with Crippen molar-refractivity contribution in [1.82, 2.24) is 4.98 Å². The number of anilines is 3. The monoisotopic (exact) mass is 404 g/mol. The molecule has 0 radical (unpaired) electrons. The molecule has 6 nitrogen and oxygen atoms in total. The molecule has 0 saturated carbocycles. The minimum Gasteiger partial charge on any atom is -0.321 e. The van der Waals surface area contributed by atoms with Crippen molar-refractivity contribution in [2.45, 2.75) is 6.92 Å². The summed E-state index contributed by atoms with van der Waals surface area (Å²) in [5.41, 5.74) is 1.47. The van der Waals surface area contributed by atoms with Crippen LogP contribution in [0.5, 0.6) is 0 Å². The van der Waals surface area contributed by atoms with Gasteiger partial charge >= 0.3 is 6.03 Å². The minimum absolute atomic E-state index is 0.267. The first kappa shape index (κ1) is 18.8. The third-order valence-corrected chi connectivity index (χ3v) is 4.71. The van der Waals surface area contributed by atoms with Crippen LogP contribution < -0.4 is 16.0 Å². The van der Waals surface area contributed by atoms with E-state index in [1.165, 1.54) is 24.3 Å². The van der Waals surface area contributed by atoms with Crippen LogP contribution in [-0.4, -0.2) is 16.9 Å². The molecule has 0 atom stereocenters. The van der Waals surface area contributed by atoms with E-state index in [9.17, 15) is 14.0 Å². The van der Waals surface area contributed by atoms with Gasteiger partial charge in [0, 0.05) is 16.4 Å². The number of rotatable bonds is 4. The lowest BCUT2D eigenvalue weighted by atomic mass is 10.3. The van der Waals surface area contributed by atoms with Crippen molar-refractivity contribution >= 4 is 51.4 Å². The fourth-order valence-corrected chi connectivity index (χ4v) is 3.25. The van der Waals surface area contributed by atoms with Crippen LogP contribution >= 0.6 is 22.9 Å². The van der Waals surface area contributed by atoms with E-state index in [1.807, 2.05) is 0 Å². The second-order valence-corrected chi connectivity index (χ2v) is 6.92. The number of aryl methyl sites for hydroxylation is 1. The molecule has 3 N–H and O–H groups in total. The number of nitrogens with one attached hydrogen (secondary N) is 3. The van der Waals surface area contributed by atoms with E-state index in [2.05, 4.69) is 20.9 Å². The number of hydrogen-bond donors (Lipinski definition) is 3. The van der Waals surface area contributed by atoms with Crippen LogP contribution in [0.4, 0.5) is 25.7 Å². The summed E-state index contributed by atoms with van der Waals surface area (Å²) in [5, 5.41) is 8.62. The number of urea groups is 1. The number of hydrogen-bond acceptors (Lipinski definition) is 4. The minimum atomic E-state index is -0.544. The first-order valence-electron chi connectivity index (χ1n) is 7.78. The summed E-state index contributed by atoms with van der Waals surface area (Å²) < 4.78 is 12.9. The molecule has 0 unspecified atom stereocenters. The van der Waals surface area contributed by atoms with Crippen LogP contribution in [0.3, 0.4) is 0 Å². The topological polar surface area (TPSA) is 83.1 Å². The van der Waals surface area contributed by atoms with Gasteiger partial charge in [-0.1, -0.05) is 29.0 Å². The third-order valence-electron chi connectivity index (χ3n) is 3.41. The number of thiazole rings is 1.